The van der Waals surface area contributed by atoms with Gasteiger partial charge in [0.15, 0.2) is 0 Å². The van der Waals surface area contributed by atoms with Crippen LogP contribution in [-0.4, -0.2) is 15.5 Å². The lowest BCUT2D eigenvalue weighted by atomic mass is 10.0. The SMILES string of the molecule is Cn1ccnc1[C@H](NC(=O)Cc1ccccc1)c1cccc(F)c1. The van der Waals surface area contributed by atoms with Gasteiger partial charge in [0.25, 0.3) is 0 Å². The second-order valence-corrected chi connectivity index (χ2v) is 5.61. The lowest BCUT2D eigenvalue weighted by Gasteiger charge is -2.19. The third-order valence-corrected chi connectivity index (χ3v) is 3.81. The Kier molecular flexibility index (Phi) is 4.70. The number of benzene rings is 2. The lowest BCUT2D eigenvalue weighted by molar-refractivity contribution is -0.121. The van der Waals surface area contributed by atoms with Gasteiger partial charge in [-0.05, 0) is 23.3 Å². The molecule has 3 rings (SSSR count). The number of nitrogens with one attached hydrogen (secondary N) is 1. The molecule has 0 aliphatic heterocycles. The first kappa shape index (κ1) is 15.9. The third-order valence-electron chi connectivity index (χ3n) is 3.81. The molecule has 0 radical (unpaired) electrons. The summed E-state index contributed by atoms with van der Waals surface area (Å²) in [5.74, 6) is 0.171. The van der Waals surface area contributed by atoms with Gasteiger partial charge in [-0.1, -0.05) is 42.5 Å². The van der Waals surface area contributed by atoms with Crippen LogP contribution in [0.15, 0.2) is 67.0 Å². The monoisotopic (exact) mass is 323 g/mol. The Balaban J connectivity index is 1.85. The molecule has 0 spiro atoms. The molecule has 24 heavy (non-hydrogen) atoms. The van der Waals surface area contributed by atoms with Gasteiger partial charge in [-0.15, -0.1) is 0 Å². The minimum absolute atomic E-state index is 0.140. The number of nitrogens with zero attached hydrogens (tertiary/aromatic N) is 2. The van der Waals surface area contributed by atoms with Gasteiger partial charge in [0, 0.05) is 19.4 Å². The molecule has 122 valence electrons. The molecular formula is C19H18FN3O. The number of imidazole rings is 1. The molecule has 5 heteroatoms. The Morgan fingerprint density at radius 2 is 2.00 bits per heavy atom. The van der Waals surface area contributed by atoms with Crippen molar-refractivity contribution in [2.75, 3.05) is 0 Å². The zero-order valence-corrected chi connectivity index (χ0v) is 13.3. The van der Waals surface area contributed by atoms with Crippen LogP contribution in [0, 0.1) is 5.82 Å². The number of hydrogen-bond acceptors (Lipinski definition) is 2. The molecule has 3 aromatic rings. The molecule has 0 bridgehead atoms. The molecular weight excluding hydrogens is 305 g/mol. The van der Waals surface area contributed by atoms with E-state index in [2.05, 4.69) is 10.3 Å². The number of hydrogen-bond donors (Lipinski definition) is 1. The van der Waals surface area contributed by atoms with Crippen LogP contribution < -0.4 is 5.32 Å². The Morgan fingerprint density at radius 1 is 1.21 bits per heavy atom. The van der Waals surface area contributed by atoms with Crippen molar-refractivity contribution in [1.82, 2.24) is 14.9 Å². The van der Waals surface area contributed by atoms with Gasteiger partial charge < -0.3 is 9.88 Å². The van der Waals surface area contributed by atoms with Crippen LogP contribution in [0.3, 0.4) is 0 Å². The highest BCUT2D eigenvalue weighted by molar-refractivity contribution is 5.79. The minimum atomic E-state index is -0.503. The van der Waals surface area contributed by atoms with Crippen LogP contribution >= 0.6 is 0 Å². The quantitative estimate of drug-likeness (QED) is 0.784. The van der Waals surface area contributed by atoms with E-state index >= 15 is 0 Å². The fourth-order valence-electron chi connectivity index (χ4n) is 2.63. The Bertz CT molecular complexity index is 829. The fraction of sp³-hybridized carbons (Fsp3) is 0.158. The Hall–Kier alpha value is -2.95. The first-order valence-corrected chi connectivity index (χ1v) is 7.69. The normalized spacial score (nSPS) is 11.9. The molecule has 1 atom stereocenters. The van der Waals surface area contributed by atoms with Crippen LogP contribution in [0.4, 0.5) is 4.39 Å². The predicted molar refractivity (Wildman–Crippen MR) is 89.7 cm³/mol. The molecule has 4 nitrogen and oxygen atoms in total. The summed E-state index contributed by atoms with van der Waals surface area (Å²) in [6.45, 7) is 0. The highest BCUT2D eigenvalue weighted by Gasteiger charge is 2.21. The molecule has 1 heterocycles. The van der Waals surface area contributed by atoms with Crippen molar-refractivity contribution in [3.05, 3.63) is 89.8 Å². The summed E-state index contributed by atoms with van der Waals surface area (Å²) in [4.78, 5) is 16.8. The highest BCUT2D eigenvalue weighted by Crippen LogP contribution is 2.21. The van der Waals surface area contributed by atoms with Crippen LogP contribution in [0.1, 0.15) is 23.0 Å². The van der Waals surface area contributed by atoms with Crippen molar-refractivity contribution < 1.29 is 9.18 Å². The summed E-state index contributed by atoms with van der Waals surface area (Å²) in [5.41, 5.74) is 1.58. The molecule has 1 N–H and O–H groups in total. The number of carbonyl (C=O) groups is 1. The highest BCUT2D eigenvalue weighted by atomic mass is 19.1. The molecule has 0 aliphatic rings. The summed E-state index contributed by atoms with van der Waals surface area (Å²) >= 11 is 0. The molecule has 0 unspecified atom stereocenters. The second kappa shape index (κ2) is 7.08. The Morgan fingerprint density at radius 3 is 2.67 bits per heavy atom. The first-order valence-electron chi connectivity index (χ1n) is 7.69. The number of aromatic nitrogens is 2. The van der Waals surface area contributed by atoms with Crippen molar-refractivity contribution in [2.45, 2.75) is 12.5 Å². The molecule has 1 aromatic heterocycles. The van der Waals surface area contributed by atoms with Gasteiger partial charge >= 0.3 is 0 Å². The molecule has 1 amide bonds. The van der Waals surface area contributed by atoms with Crippen LogP contribution in [0.2, 0.25) is 0 Å². The average molecular weight is 323 g/mol. The maximum absolute atomic E-state index is 13.6. The fourth-order valence-corrected chi connectivity index (χ4v) is 2.63. The molecule has 0 fully saturated rings. The van der Waals surface area contributed by atoms with Gasteiger partial charge in [0.05, 0.1) is 6.42 Å². The zero-order chi connectivity index (χ0) is 16.9. The van der Waals surface area contributed by atoms with E-state index in [1.807, 2.05) is 41.9 Å². The summed E-state index contributed by atoms with van der Waals surface area (Å²) in [6, 6.07) is 15.2. The van der Waals surface area contributed by atoms with E-state index in [-0.39, 0.29) is 18.1 Å². The van der Waals surface area contributed by atoms with Crippen molar-refractivity contribution in [2.24, 2.45) is 7.05 Å². The summed E-state index contributed by atoms with van der Waals surface area (Å²) in [7, 11) is 1.85. The number of rotatable bonds is 5. The number of halogens is 1. The number of carbonyl (C=O) groups excluding carboxylic acids is 1. The smallest absolute Gasteiger partial charge is 0.225 e. The van der Waals surface area contributed by atoms with E-state index in [0.717, 1.165) is 5.56 Å². The number of aryl methyl sites for hydroxylation is 1. The Labute approximate surface area is 140 Å². The summed E-state index contributed by atoms with van der Waals surface area (Å²) in [5, 5.41) is 2.96. The summed E-state index contributed by atoms with van der Waals surface area (Å²) < 4.78 is 15.4. The van der Waals surface area contributed by atoms with Gasteiger partial charge in [-0.2, -0.15) is 0 Å². The van der Waals surface area contributed by atoms with E-state index < -0.39 is 6.04 Å². The first-order chi connectivity index (χ1) is 11.6. The van der Waals surface area contributed by atoms with E-state index in [1.165, 1.54) is 12.1 Å². The average Bonchev–Trinajstić information content (AvgIpc) is 2.99. The maximum Gasteiger partial charge on any atom is 0.225 e. The van der Waals surface area contributed by atoms with Gasteiger partial charge in [0.1, 0.15) is 17.7 Å². The van der Waals surface area contributed by atoms with E-state index in [4.69, 9.17) is 0 Å². The maximum atomic E-state index is 13.6. The van der Waals surface area contributed by atoms with Crippen molar-refractivity contribution in [3.8, 4) is 0 Å². The van der Waals surface area contributed by atoms with E-state index in [0.29, 0.717) is 11.4 Å². The zero-order valence-electron chi connectivity index (χ0n) is 13.3. The predicted octanol–water partition coefficient (Wildman–Crippen LogP) is 3.01. The van der Waals surface area contributed by atoms with E-state index in [9.17, 15) is 9.18 Å². The second-order valence-electron chi connectivity index (χ2n) is 5.61. The van der Waals surface area contributed by atoms with Crippen LogP contribution in [-0.2, 0) is 18.3 Å². The minimum Gasteiger partial charge on any atom is -0.342 e. The molecule has 0 aliphatic carbocycles. The topological polar surface area (TPSA) is 46.9 Å². The van der Waals surface area contributed by atoms with Crippen molar-refractivity contribution in [1.29, 1.82) is 0 Å². The van der Waals surface area contributed by atoms with E-state index in [1.54, 1.807) is 24.5 Å². The van der Waals surface area contributed by atoms with Crippen LogP contribution in [0.5, 0.6) is 0 Å². The van der Waals surface area contributed by atoms with Gasteiger partial charge in [-0.25, -0.2) is 9.37 Å². The lowest BCUT2D eigenvalue weighted by Crippen LogP contribution is -2.32. The van der Waals surface area contributed by atoms with Crippen molar-refractivity contribution >= 4 is 5.91 Å². The molecule has 0 saturated carbocycles. The van der Waals surface area contributed by atoms with Crippen molar-refractivity contribution in [3.63, 3.8) is 0 Å². The van der Waals surface area contributed by atoms with Crippen LogP contribution in [0.25, 0.3) is 0 Å². The summed E-state index contributed by atoms with van der Waals surface area (Å²) in [6.07, 6.45) is 3.72. The number of amides is 1. The standard InChI is InChI=1S/C19H18FN3O/c1-23-11-10-21-19(23)18(15-8-5-9-16(20)13-15)22-17(24)12-14-6-3-2-4-7-14/h2-11,13,18H,12H2,1H3,(H,22,24)/t18-/m1/s1. The molecule has 2 aromatic carbocycles. The largest absolute Gasteiger partial charge is 0.342 e. The van der Waals surface area contributed by atoms with Gasteiger partial charge in [-0.3, -0.25) is 4.79 Å². The third kappa shape index (κ3) is 3.68. The van der Waals surface area contributed by atoms with Gasteiger partial charge in [0.2, 0.25) is 5.91 Å². The molecule has 0 saturated heterocycles.